The molecular weight excluding hydrogens is 284 g/mol. The lowest BCUT2D eigenvalue weighted by Gasteiger charge is -2.26. The summed E-state index contributed by atoms with van der Waals surface area (Å²) in [5.41, 5.74) is -0.427. The van der Waals surface area contributed by atoms with E-state index in [4.69, 9.17) is 4.74 Å². The summed E-state index contributed by atoms with van der Waals surface area (Å²) in [5, 5.41) is 5.68. The molecule has 0 aliphatic carbocycles. The second kappa shape index (κ2) is 6.79. The average molecular weight is 310 g/mol. The molecule has 118 valence electrons. The molecule has 2 unspecified atom stereocenters. The van der Waals surface area contributed by atoms with Crippen LogP contribution in [0.15, 0.2) is 17.5 Å². The molecule has 1 aromatic heterocycles. The van der Waals surface area contributed by atoms with E-state index in [9.17, 15) is 4.79 Å². The van der Waals surface area contributed by atoms with Gasteiger partial charge in [0.05, 0.1) is 0 Å². The number of thiophene rings is 1. The summed E-state index contributed by atoms with van der Waals surface area (Å²) in [6.45, 7) is 10.3. The minimum Gasteiger partial charge on any atom is -0.444 e. The maximum atomic E-state index is 12.2. The van der Waals surface area contributed by atoms with Crippen LogP contribution in [-0.2, 0) is 4.74 Å². The Morgan fingerprint density at radius 3 is 2.90 bits per heavy atom. The van der Waals surface area contributed by atoms with Crippen molar-refractivity contribution >= 4 is 17.4 Å². The van der Waals surface area contributed by atoms with Gasteiger partial charge in [-0.1, -0.05) is 13.0 Å². The van der Waals surface area contributed by atoms with E-state index in [2.05, 4.69) is 29.8 Å². The van der Waals surface area contributed by atoms with Crippen LogP contribution < -0.4 is 5.32 Å². The van der Waals surface area contributed by atoms with E-state index in [1.165, 1.54) is 4.88 Å². The predicted molar refractivity (Wildman–Crippen MR) is 86.7 cm³/mol. The third kappa shape index (κ3) is 4.45. The fourth-order valence-corrected chi connectivity index (χ4v) is 3.63. The zero-order valence-electron chi connectivity index (χ0n) is 13.4. The molecule has 0 aromatic carbocycles. The van der Waals surface area contributed by atoms with Gasteiger partial charge in [-0.2, -0.15) is 0 Å². The highest BCUT2D eigenvalue weighted by molar-refractivity contribution is 7.10. The Balaban J connectivity index is 1.98. The first-order chi connectivity index (χ1) is 9.90. The Morgan fingerprint density at radius 2 is 2.33 bits per heavy atom. The number of ether oxygens (including phenoxy) is 1. The van der Waals surface area contributed by atoms with Gasteiger partial charge in [-0.3, -0.25) is 0 Å². The zero-order valence-corrected chi connectivity index (χ0v) is 14.2. The summed E-state index contributed by atoms with van der Waals surface area (Å²) in [6.07, 6.45) is 0.834. The Labute approximate surface area is 131 Å². The van der Waals surface area contributed by atoms with Crippen molar-refractivity contribution in [3.05, 3.63) is 22.4 Å². The van der Waals surface area contributed by atoms with Crippen molar-refractivity contribution in [3.63, 3.8) is 0 Å². The van der Waals surface area contributed by atoms with Crippen LogP contribution in [0.4, 0.5) is 4.79 Å². The van der Waals surface area contributed by atoms with Crippen molar-refractivity contribution in [2.75, 3.05) is 19.6 Å². The normalized spacial score (nSPS) is 20.6. The molecule has 21 heavy (non-hydrogen) atoms. The van der Waals surface area contributed by atoms with Gasteiger partial charge in [0, 0.05) is 24.0 Å². The third-order valence-electron chi connectivity index (χ3n) is 3.62. The summed E-state index contributed by atoms with van der Waals surface area (Å²) in [5.74, 6) is 0.455. The van der Waals surface area contributed by atoms with Crippen LogP contribution in [0.1, 0.15) is 45.0 Å². The van der Waals surface area contributed by atoms with E-state index in [1.54, 1.807) is 11.3 Å². The van der Waals surface area contributed by atoms with E-state index < -0.39 is 5.60 Å². The van der Waals surface area contributed by atoms with Crippen LogP contribution >= 0.6 is 11.3 Å². The van der Waals surface area contributed by atoms with Gasteiger partial charge >= 0.3 is 6.09 Å². The number of likely N-dealkylation sites (tertiary alicyclic amines) is 1. The number of amides is 1. The highest BCUT2D eigenvalue weighted by atomic mass is 32.1. The lowest BCUT2D eigenvalue weighted by Crippen LogP contribution is -2.36. The molecule has 4 nitrogen and oxygen atoms in total. The number of nitrogens with one attached hydrogen (secondary N) is 1. The molecule has 1 aliphatic heterocycles. The van der Waals surface area contributed by atoms with E-state index in [0.717, 1.165) is 26.1 Å². The van der Waals surface area contributed by atoms with Crippen molar-refractivity contribution in [1.29, 1.82) is 0 Å². The van der Waals surface area contributed by atoms with E-state index in [1.807, 2.05) is 25.7 Å². The van der Waals surface area contributed by atoms with E-state index in [-0.39, 0.29) is 6.09 Å². The van der Waals surface area contributed by atoms with Crippen LogP contribution in [0.25, 0.3) is 0 Å². The molecule has 2 heterocycles. The van der Waals surface area contributed by atoms with Crippen LogP contribution in [-0.4, -0.2) is 36.2 Å². The standard InChI is InChI=1S/C16H26N2O2S/c1-5-17-14(13-7-6-10-21-13)12-8-9-18(11-12)15(19)20-16(2,3)4/h6-7,10,12,14,17H,5,8-9,11H2,1-4H3. The first kappa shape index (κ1) is 16.3. The largest absolute Gasteiger partial charge is 0.444 e. The molecule has 0 saturated carbocycles. The van der Waals surface area contributed by atoms with Gasteiger partial charge in [-0.15, -0.1) is 11.3 Å². The van der Waals surface area contributed by atoms with Gasteiger partial charge in [0.25, 0.3) is 0 Å². The van der Waals surface area contributed by atoms with Crippen LogP contribution in [0, 0.1) is 5.92 Å². The fourth-order valence-electron chi connectivity index (χ4n) is 2.74. The van der Waals surface area contributed by atoms with Crippen molar-refractivity contribution < 1.29 is 9.53 Å². The summed E-state index contributed by atoms with van der Waals surface area (Å²) < 4.78 is 5.47. The van der Waals surface area contributed by atoms with E-state index in [0.29, 0.717) is 12.0 Å². The van der Waals surface area contributed by atoms with Gasteiger partial charge in [0.15, 0.2) is 0 Å². The molecule has 1 fully saturated rings. The molecule has 5 heteroatoms. The first-order valence-corrected chi connectivity index (χ1v) is 8.53. The van der Waals surface area contributed by atoms with Gasteiger partial charge < -0.3 is 15.0 Å². The number of hydrogen-bond donors (Lipinski definition) is 1. The van der Waals surface area contributed by atoms with Crippen LogP contribution in [0.5, 0.6) is 0 Å². The van der Waals surface area contributed by atoms with Gasteiger partial charge in [-0.05, 0) is 51.1 Å². The Bertz CT molecular complexity index is 453. The topological polar surface area (TPSA) is 41.6 Å². The monoisotopic (exact) mass is 310 g/mol. The number of carbonyl (C=O) groups is 1. The van der Waals surface area contributed by atoms with Crippen molar-refractivity contribution in [2.45, 2.75) is 45.8 Å². The van der Waals surface area contributed by atoms with Crippen molar-refractivity contribution in [3.8, 4) is 0 Å². The zero-order chi connectivity index (χ0) is 15.5. The SMILES string of the molecule is CCNC(c1cccs1)C1CCN(C(=O)OC(C)(C)C)C1. The summed E-state index contributed by atoms with van der Waals surface area (Å²) in [7, 11) is 0. The smallest absolute Gasteiger partial charge is 0.410 e. The van der Waals surface area contributed by atoms with Gasteiger partial charge in [0.1, 0.15) is 5.60 Å². The molecule has 1 aromatic rings. The minimum absolute atomic E-state index is 0.188. The molecule has 1 amide bonds. The molecular formula is C16H26N2O2S. The number of rotatable bonds is 4. The molecule has 0 spiro atoms. The van der Waals surface area contributed by atoms with Crippen molar-refractivity contribution in [2.24, 2.45) is 5.92 Å². The summed E-state index contributed by atoms with van der Waals surface area (Å²) in [4.78, 5) is 15.4. The third-order valence-corrected chi connectivity index (χ3v) is 4.58. The quantitative estimate of drug-likeness (QED) is 0.923. The second-order valence-electron chi connectivity index (χ2n) is 6.53. The maximum absolute atomic E-state index is 12.2. The Kier molecular flexibility index (Phi) is 5.27. The summed E-state index contributed by atoms with van der Waals surface area (Å²) >= 11 is 1.78. The molecule has 2 atom stereocenters. The minimum atomic E-state index is -0.427. The maximum Gasteiger partial charge on any atom is 0.410 e. The number of hydrogen-bond acceptors (Lipinski definition) is 4. The van der Waals surface area contributed by atoms with Crippen LogP contribution in [0.2, 0.25) is 0 Å². The Morgan fingerprint density at radius 1 is 1.57 bits per heavy atom. The lowest BCUT2D eigenvalue weighted by atomic mass is 9.97. The molecule has 0 radical (unpaired) electrons. The Hall–Kier alpha value is -1.07. The summed E-state index contributed by atoms with van der Waals surface area (Å²) in [6, 6.07) is 4.60. The number of nitrogens with zero attached hydrogens (tertiary/aromatic N) is 1. The molecule has 1 aliphatic rings. The first-order valence-electron chi connectivity index (χ1n) is 7.65. The molecule has 2 rings (SSSR count). The fraction of sp³-hybridized carbons (Fsp3) is 0.688. The second-order valence-corrected chi connectivity index (χ2v) is 7.51. The lowest BCUT2D eigenvalue weighted by molar-refractivity contribution is 0.0285. The predicted octanol–water partition coefficient (Wildman–Crippen LogP) is 3.66. The van der Waals surface area contributed by atoms with Crippen molar-refractivity contribution in [1.82, 2.24) is 10.2 Å². The van der Waals surface area contributed by atoms with Crippen LogP contribution in [0.3, 0.4) is 0 Å². The number of carbonyl (C=O) groups excluding carboxylic acids is 1. The van der Waals surface area contributed by atoms with E-state index >= 15 is 0 Å². The van der Waals surface area contributed by atoms with Gasteiger partial charge in [-0.25, -0.2) is 4.79 Å². The highest BCUT2D eigenvalue weighted by Crippen LogP contribution is 2.33. The van der Waals surface area contributed by atoms with Gasteiger partial charge in [0.2, 0.25) is 0 Å². The highest BCUT2D eigenvalue weighted by Gasteiger charge is 2.34. The molecule has 0 bridgehead atoms. The molecule has 1 N–H and O–H groups in total. The average Bonchev–Trinajstić information content (AvgIpc) is 3.05. The molecule has 1 saturated heterocycles.